The van der Waals surface area contributed by atoms with Crippen molar-refractivity contribution < 1.29 is 4.42 Å². The molecule has 0 aliphatic heterocycles. The Kier molecular flexibility index (Phi) is 6.96. The summed E-state index contributed by atoms with van der Waals surface area (Å²) in [5.41, 5.74) is 19.6. The van der Waals surface area contributed by atoms with Gasteiger partial charge in [0.1, 0.15) is 11.2 Å². The lowest BCUT2D eigenvalue weighted by Crippen LogP contribution is -2.48. The molecule has 1 heterocycles. The summed E-state index contributed by atoms with van der Waals surface area (Å²) in [6, 6.07) is 44.7. The monoisotopic (exact) mass is 757 g/mol. The number of nitrogens with zero attached hydrogens (tertiary/aromatic N) is 1. The molecule has 4 saturated carbocycles. The van der Waals surface area contributed by atoms with Gasteiger partial charge < -0.3 is 9.32 Å². The number of benzene rings is 6. The quantitative estimate of drug-likeness (QED) is 0.178. The van der Waals surface area contributed by atoms with Gasteiger partial charge in [0.05, 0.1) is 0 Å². The standard InChI is InChI=1S/C56H55NO/c1-53(2,3)36-12-17-42-44-19-15-39(28-50(44)55(6,7)48(42)26-36)57(38-14-18-43-41-10-8-9-11-47(41)54(4,5)49(43)27-38)40-16-20-45-46-25-37(13-21-51(46)58-52(45)29-40)56-30-33-22-34(31-56)24-35(23-33)32-56/h8-21,25-29,33-35H,22-24,30-32H2,1-7H3. The van der Waals surface area contributed by atoms with Crippen molar-refractivity contribution in [3.63, 3.8) is 0 Å². The molecule has 290 valence electrons. The average Bonchev–Trinajstić information content (AvgIpc) is 3.75. The fraction of sp³-hybridized carbons (Fsp3) is 0.357. The third-order valence-corrected chi connectivity index (χ3v) is 16.0. The summed E-state index contributed by atoms with van der Waals surface area (Å²) >= 11 is 0. The Morgan fingerprint density at radius 1 is 0.500 bits per heavy atom. The van der Waals surface area contributed by atoms with Crippen LogP contribution in [0.25, 0.3) is 44.2 Å². The minimum atomic E-state index is -0.133. The summed E-state index contributed by atoms with van der Waals surface area (Å²) in [6.07, 6.45) is 8.54. The summed E-state index contributed by atoms with van der Waals surface area (Å²) in [4.78, 5) is 2.48. The third kappa shape index (κ3) is 4.84. The first kappa shape index (κ1) is 34.9. The first-order valence-electron chi connectivity index (χ1n) is 22.1. The highest BCUT2D eigenvalue weighted by molar-refractivity contribution is 6.06. The van der Waals surface area contributed by atoms with E-state index in [-0.39, 0.29) is 16.2 Å². The molecule has 7 aromatic rings. The highest BCUT2D eigenvalue weighted by atomic mass is 16.3. The Balaban J connectivity index is 1.00. The van der Waals surface area contributed by atoms with Gasteiger partial charge in [-0.2, -0.15) is 0 Å². The highest BCUT2D eigenvalue weighted by Crippen LogP contribution is 2.61. The Morgan fingerprint density at radius 2 is 1.03 bits per heavy atom. The van der Waals surface area contributed by atoms with E-state index in [1.165, 1.54) is 111 Å². The van der Waals surface area contributed by atoms with Crippen LogP contribution in [0, 0.1) is 17.8 Å². The van der Waals surface area contributed by atoms with Crippen LogP contribution in [0.1, 0.15) is 120 Å². The molecule has 6 aliphatic carbocycles. The minimum Gasteiger partial charge on any atom is -0.456 e. The van der Waals surface area contributed by atoms with E-state index in [0.29, 0.717) is 5.41 Å². The molecule has 0 radical (unpaired) electrons. The zero-order chi connectivity index (χ0) is 39.5. The van der Waals surface area contributed by atoms with Gasteiger partial charge in [-0.25, -0.2) is 0 Å². The van der Waals surface area contributed by atoms with Gasteiger partial charge in [-0.3, -0.25) is 0 Å². The van der Waals surface area contributed by atoms with Crippen LogP contribution in [0.2, 0.25) is 0 Å². The molecule has 13 rings (SSSR count). The van der Waals surface area contributed by atoms with Crippen LogP contribution in [0.5, 0.6) is 0 Å². The van der Waals surface area contributed by atoms with Gasteiger partial charge in [0, 0.05) is 44.7 Å². The van der Waals surface area contributed by atoms with Crippen molar-refractivity contribution in [1.29, 1.82) is 0 Å². The van der Waals surface area contributed by atoms with Crippen LogP contribution < -0.4 is 4.90 Å². The van der Waals surface area contributed by atoms with Crippen molar-refractivity contribution in [3.8, 4) is 22.3 Å². The number of hydrogen-bond acceptors (Lipinski definition) is 2. The molecule has 4 bridgehead atoms. The fourth-order valence-corrected chi connectivity index (χ4v) is 13.3. The van der Waals surface area contributed by atoms with Crippen LogP contribution in [0.3, 0.4) is 0 Å². The summed E-state index contributed by atoms with van der Waals surface area (Å²) in [7, 11) is 0. The van der Waals surface area contributed by atoms with Crippen molar-refractivity contribution in [1.82, 2.24) is 0 Å². The molecule has 4 fully saturated rings. The van der Waals surface area contributed by atoms with E-state index in [1.54, 1.807) is 5.56 Å². The molecule has 0 N–H and O–H groups in total. The summed E-state index contributed by atoms with van der Waals surface area (Å²) in [6.45, 7) is 16.5. The third-order valence-electron chi connectivity index (χ3n) is 16.0. The highest BCUT2D eigenvalue weighted by Gasteiger charge is 2.51. The van der Waals surface area contributed by atoms with E-state index in [2.05, 4.69) is 169 Å². The van der Waals surface area contributed by atoms with E-state index in [0.717, 1.165) is 34.6 Å². The van der Waals surface area contributed by atoms with Crippen LogP contribution in [-0.4, -0.2) is 0 Å². The predicted molar refractivity (Wildman–Crippen MR) is 242 cm³/mol. The SMILES string of the molecule is CC(C)(C)c1ccc2c(c1)C(C)(C)c1cc(N(c3ccc4c(c3)C(C)(C)c3ccccc3-4)c3ccc4c(c3)oc3ccc(C56CC7CC(CC(C7)C5)C6)cc34)ccc1-2. The van der Waals surface area contributed by atoms with Crippen molar-refractivity contribution >= 4 is 39.0 Å². The Labute approximate surface area is 344 Å². The molecular formula is C56H55NO. The topological polar surface area (TPSA) is 16.4 Å². The second-order valence-corrected chi connectivity index (χ2v) is 21.3. The lowest BCUT2D eigenvalue weighted by atomic mass is 9.48. The second kappa shape index (κ2) is 11.6. The molecular weight excluding hydrogens is 703 g/mol. The molecule has 2 nitrogen and oxygen atoms in total. The van der Waals surface area contributed by atoms with Gasteiger partial charge in [0.2, 0.25) is 0 Å². The van der Waals surface area contributed by atoms with Gasteiger partial charge in [-0.15, -0.1) is 0 Å². The maximum absolute atomic E-state index is 6.80. The molecule has 0 amide bonds. The maximum Gasteiger partial charge on any atom is 0.137 e. The van der Waals surface area contributed by atoms with Crippen LogP contribution in [-0.2, 0) is 21.7 Å². The molecule has 1 aromatic heterocycles. The van der Waals surface area contributed by atoms with E-state index < -0.39 is 0 Å². The first-order valence-corrected chi connectivity index (χ1v) is 22.1. The maximum atomic E-state index is 6.80. The van der Waals surface area contributed by atoms with Gasteiger partial charge in [0.15, 0.2) is 0 Å². The summed E-state index contributed by atoms with van der Waals surface area (Å²) < 4.78 is 6.80. The van der Waals surface area contributed by atoms with Crippen LogP contribution in [0.15, 0.2) is 120 Å². The molecule has 0 saturated heterocycles. The number of rotatable bonds is 4. The van der Waals surface area contributed by atoms with Crippen LogP contribution >= 0.6 is 0 Å². The Hall–Kier alpha value is -5.08. The summed E-state index contributed by atoms with van der Waals surface area (Å²) in [5.74, 6) is 2.78. The first-order chi connectivity index (χ1) is 27.8. The molecule has 6 aromatic carbocycles. The van der Waals surface area contributed by atoms with Crippen molar-refractivity contribution in [3.05, 3.63) is 149 Å². The number of anilines is 3. The van der Waals surface area contributed by atoms with Gasteiger partial charge in [-0.1, -0.05) is 109 Å². The van der Waals surface area contributed by atoms with Gasteiger partial charge in [0.25, 0.3) is 0 Å². The fourth-order valence-electron chi connectivity index (χ4n) is 13.3. The Bertz CT molecular complexity index is 2840. The number of furan rings is 1. The number of fused-ring (bicyclic) bond motifs is 9. The molecule has 58 heavy (non-hydrogen) atoms. The molecule has 6 aliphatic rings. The lowest BCUT2D eigenvalue weighted by Gasteiger charge is -2.57. The van der Waals surface area contributed by atoms with E-state index in [9.17, 15) is 0 Å². The van der Waals surface area contributed by atoms with E-state index in [1.807, 2.05) is 0 Å². The van der Waals surface area contributed by atoms with Crippen molar-refractivity contribution in [2.24, 2.45) is 17.8 Å². The minimum absolute atomic E-state index is 0.0918. The lowest BCUT2D eigenvalue weighted by molar-refractivity contribution is -0.00513. The zero-order valence-corrected chi connectivity index (χ0v) is 35.3. The zero-order valence-electron chi connectivity index (χ0n) is 35.3. The predicted octanol–water partition coefficient (Wildman–Crippen LogP) is 15.4. The Morgan fingerprint density at radius 3 is 1.67 bits per heavy atom. The van der Waals surface area contributed by atoms with Gasteiger partial charge >= 0.3 is 0 Å². The van der Waals surface area contributed by atoms with Crippen molar-refractivity contribution in [2.75, 3.05) is 4.90 Å². The van der Waals surface area contributed by atoms with Crippen LogP contribution in [0.4, 0.5) is 17.1 Å². The summed E-state index contributed by atoms with van der Waals surface area (Å²) in [5, 5.41) is 2.49. The normalized spacial score (nSPS) is 24.2. The largest absolute Gasteiger partial charge is 0.456 e. The number of hydrogen-bond donors (Lipinski definition) is 0. The van der Waals surface area contributed by atoms with Crippen molar-refractivity contribution in [2.45, 2.75) is 109 Å². The average molecular weight is 758 g/mol. The molecule has 2 heteroatoms. The van der Waals surface area contributed by atoms with Gasteiger partial charge in [-0.05, 0) is 171 Å². The second-order valence-electron chi connectivity index (χ2n) is 21.3. The molecule has 0 spiro atoms. The van der Waals surface area contributed by atoms with E-state index in [4.69, 9.17) is 4.42 Å². The molecule has 0 unspecified atom stereocenters. The molecule has 0 atom stereocenters. The smallest absolute Gasteiger partial charge is 0.137 e. The van der Waals surface area contributed by atoms with E-state index >= 15 is 0 Å².